The minimum atomic E-state index is -0.275. The lowest BCUT2D eigenvalue weighted by Crippen LogP contribution is -2.08. The summed E-state index contributed by atoms with van der Waals surface area (Å²) in [5.41, 5.74) is 0.851. The van der Waals surface area contributed by atoms with E-state index in [4.69, 9.17) is 4.74 Å². The van der Waals surface area contributed by atoms with Crippen LogP contribution in [-0.4, -0.2) is 19.0 Å². The Morgan fingerprint density at radius 1 is 1.22 bits per heavy atom. The molecule has 0 bridgehead atoms. The largest absolute Gasteiger partial charge is 0.381 e. The molecule has 1 aromatic carbocycles. The summed E-state index contributed by atoms with van der Waals surface area (Å²) in [7, 11) is 0. The van der Waals surface area contributed by atoms with E-state index >= 15 is 0 Å². The van der Waals surface area contributed by atoms with Crippen LogP contribution in [0.1, 0.15) is 32.3 Å². The van der Waals surface area contributed by atoms with Gasteiger partial charge in [-0.25, -0.2) is 4.39 Å². The molecule has 0 amide bonds. The number of Topliss-reactive ketones (excluding diaryl/α,β-unsaturated/α-hetero) is 1. The van der Waals surface area contributed by atoms with Crippen molar-refractivity contribution >= 4 is 5.78 Å². The van der Waals surface area contributed by atoms with E-state index in [1.165, 1.54) is 12.1 Å². The summed E-state index contributed by atoms with van der Waals surface area (Å²) in [6.45, 7) is 5.47. The number of carbonyl (C=O) groups is 1. The maximum Gasteiger partial charge on any atom is 0.139 e. The number of hydrogen-bond acceptors (Lipinski definition) is 2. The van der Waals surface area contributed by atoms with E-state index in [2.05, 4.69) is 13.8 Å². The molecular weight excluding hydrogens is 231 g/mol. The van der Waals surface area contributed by atoms with Gasteiger partial charge in [-0.3, -0.25) is 4.79 Å². The maximum absolute atomic E-state index is 12.7. The summed E-state index contributed by atoms with van der Waals surface area (Å²) in [6, 6.07) is 6.04. The molecule has 1 aromatic rings. The van der Waals surface area contributed by atoms with Gasteiger partial charge >= 0.3 is 0 Å². The van der Waals surface area contributed by atoms with Gasteiger partial charge in [0.15, 0.2) is 0 Å². The van der Waals surface area contributed by atoms with E-state index in [0.717, 1.165) is 12.0 Å². The summed E-state index contributed by atoms with van der Waals surface area (Å²) in [6.07, 6.45) is 1.80. The van der Waals surface area contributed by atoms with Gasteiger partial charge < -0.3 is 4.74 Å². The number of benzene rings is 1. The van der Waals surface area contributed by atoms with Crippen molar-refractivity contribution in [3.8, 4) is 0 Å². The van der Waals surface area contributed by atoms with Crippen LogP contribution in [-0.2, 0) is 16.0 Å². The number of ketones is 1. The van der Waals surface area contributed by atoms with Crippen molar-refractivity contribution in [3.05, 3.63) is 35.6 Å². The van der Waals surface area contributed by atoms with E-state index in [1.54, 1.807) is 12.1 Å². The van der Waals surface area contributed by atoms with Crippen molar-refractivity contribution < 1.29 is 13.9 Å². The molecule has 0 radical (unpaired) electrons. The highest BCUT2D eigenvalue weighted by Gasteiger charge is 2.04. The molecule has 0 saturated heterocycles. The van der Waals surface area contributed by atoms with Crippen molar-refractivity contribution in [2.75, 3.05) is 13.2 Å². The molecule has 1 rings (SSSR count). The highest BCUT2D eigenvalue weighted by Crippen LogP contribution is 2.05. The third-order valence-corrected chi connectivity index (χ3v) is 2.68. The molecule has 0 aliphatic carbocycles. The topological polar surface area (TPSA) is 26.3 Å². The molecule has 100 valence electrons. The van der Waals surface area contributed by atoms with Crippen LogP contribution < -0.4 is 0 Å². The number of halogens is 1. The van der Waals surface area contributed by atoms with Crippen molar-refractivity contribution in [1.82, 2.24) is 0 Å². The van der Waals surface area contributed by atoms with Gasteiger partial charge in [0.2, 0.25) is 0 Å². The first kappa shape index (κ1) is 14.8. The highest BCUT2D eigenvalue weighted by molar-refractivity contribution is 5.80. The Labute approximate surface area is 108 Å². The molecule has 0 heterocycles. The fourth-order valence-electron chi connectivity index (χ4n) is 1.53. The SMILES string of the molecule is CC(C)CCOCCC(=O)Cc1ccc(F)cc1. The van der Waals surface area contributed by atoms with Gasteiger partial charge in [-0.1, -0.05) is 26.0 Å². The van der Waals surface area contributed by atoms with Gasteiger partial charge in [-0.2, -0.15) is 0 Å². The molecule has 3 heteroatoms. The van der Waals surface area contributed by atoms with Crippen LogP contribution in [0.2, 0.25) is 0 Å². The van der Waals surface area contributed by atoms with Crippen LogP contribution in [0.5, 0.6) is 0 Å². The minimum Gasteiger partial charge on any atom is -0.381 e. The Morgan fingerprint density at radius 2 is 1.89 bits per heavy atom. The molecule has 0 aliphatic heterocycles. The second-order valence-corrected chi connectivity index (χ2v) is 4.89. The maximum atomic E-state index is 12.7. The lowest BCUT2D eigenvalue weighted by atomic mass is 10.1. The Hall–Kier alpha value is -1.22. The molecule has 0 N–H and O–H groups in total. The van der Waals surface area contributed by atoms with Crippen LogP contribution >= 0.6 is 0 Å². The van der Waals surface area contributed by atoms with E-state index in [9.17, 15) is 9.18 Å². The summed E-state index contributed by atoms with van der Waals surface area (Å²) in [5, 5.41) is 0. The molecule has 0 spiro atoms. The average Bonchev–Trinajstić information content (AvgIpc) is 2.31. The van der Waals surface area contributed by atoms with E-state index < -0.39 is 0 Å². The number of ether oxygens (including phenoxy) is 1. The van der Waals surface area contributed by atoms with Crippen molar-refractivity contribution in [2.24, 2.45) is 5.92 Å². The van der Waals surface area contributed by atoms with Gasteiger partial charge in [0.05, 0.1) is 6.61 Å². The van der Waals surface area contributed by atoms with Gasteiger partial charge in [0.25, 0.3) is 0 Å². The molecule has 0 aromatic heterocycles. The summed E-state index contributed by atoms with van der Waals surface area (Å²) < 4.78 is 18.1. The fourth-order valence-corrected chi connectivity index (χ4v) is 1.53. The second-order valence-electron chi connectivity index (χ2n) is 4.89. The predicted octanol–water partition coefficient (Wildman–Crippen LogP) is 3.39. The molecule has 0 saturated carbocycles. The molecular formula is C15H21FO2. The molecule has 0 aliphatic rings. The minimum absolute atomic E-state index is 0.131. The molecule has 18 heavy (non-hydrogen) atoms. The highest BCUT2D eigenvalue weighted by atomic mass is 19.1. The van der Waals surface area contributed by atoms with Gasteiger partial charge in [-0.15, -0.1) is 0 Å². The second kappa shape index (κ2) is 7.98. The lowest BCUT2D eigenvalue weighted by Gasteiger charge is -2.06. The Balaban J connectivity index is 2.16. The van der Waals surface area contributed by atoms with Crippen LogP contribution in [0.3, 0.4) is 0 Å². The van der Waals surface area contributed by atoms with Crippen molar-refractivity contribution in [3.63, 3.8) is 0 Å². The van der Waals surface area contributed by atoms with Gasteiger partial charge in [0.1, 0.15) is 11.6 Å². The van der Waals surface area contributed by atoms with Crippen molar-refractivity contribution in [2.45, 2.75) is 33.1 Å². The van der Waals surface area contributed by atoms with E-state index in [0.29, 0.717) is 32.0 Å². The summed E-state index contributed by atoms with van der Waals surface area (Å²) in [5.74, 6) is 0.481. The van der Waals surface area contributed by atoms with Gasteiger partial charge in [-0.05, 0) is 30.0 Å². The standard InChI is InChI=1S/C15H21FO2/c1-12(2)7-9-18-10-8-15(17)11-13-3-5-14(16)6-4-13/h3-6,12H,7-11H2,1-2H3. The number of carbonyl (C=O) groups excluding carboxylic acids is 1. The number of hydrogen-bond donors (Lipinski definition) is 0. The van der Waals surface area contributed by atoms with Crippen LogP contribution in [0.15, 0.2) is 24.3 Å². The number of rotatable bonds is 8. The zero-order valence-electron chi connectivity index (χ0n) is 11.1. The first-order valence-electron chi connectivity index (χ1n) is 6.42. The third kappa shape index (κ3) is 6.50. The average molecular weight is 252 g/mol. The third-order valence-electron chi connectivity index (χ3n) is 2.68. The van der Waals surface area contributed by atoms with Crippen molar-refractivity contribution in [1.29, 1.82) is 0 Å². The quantitative estimate of drug-likeness (QED) is 0.663. The Morgan fingerprint density at radius 3 is 2.50 bits per heavy atom. The summed E-state index contributed by atoms with van der Waals surface area (Å²) >= 11 is 0. The smallest absolute Gasteiger partial charge is 0.139 e. The Kier molecular flexibility index (Phi) is 6.58. The van der Waals surface area contributed by atoms with Gasteiger partial charge in [0, 0.05) is 19.4 Å². The van der Waals surface area contributed by atoms with E-state index in [-0.39, 0.29) is 11.6 Å². The van der Waals surface area contributed by atoms with Crippen LogP contribution in [0, 0.1) is 11.7 Å². The predicted molar refractivity (Wildman–Crippen MR) is 70.0 cm³/mol. The van der Waals surface area contributed by atoms with Crippen LogP contribution in [0.4, 0.5) is 4.39 Å². The fraction of sp³-hybridized carbons (Fsp3) is 0.533. The monoisotopic (exact) mass is 252 g/mol. The zero-order chi connectivity index (χ0) is 13.4. The first-order chi connectivity index (χ1) is 8.58. The molecule has 0 atom stereocenters. The zero-order valence-corrected chi connectivity index (χ0v) is 11.1. The normalized spacial score (nSPS) is 10.9. The van der Waals surface area contributed by atoms with Crippen LogP contribution in [0.25, 0.3) is 0 Å². The first-order valence-corrected chi connectivity index (χ1v) is 6.42. The molecule has 2 nitrogen and oxygen atoms in total. The lowest BCUT2D eigenvalue weighted by molar-refractivity contribution is -0.119. The summed E-state index contributed by atoms with van der Waals surface area (Å²) in [4.78, 5) is 11.6. The molecule has 0 fully saturated rings. The van der Waals surface area contributed by atoms with E-state index in [1.807, 2.05) is 0 Å². The molecule has 0 unspecified atom stereocenters. The Bertz CT molecular complexity index is 357.